The van der Waals surface area contributed by atoms with Crippen LogP contribution < -0.4 is 0 Å². The Bertz CT molecular complexity index is 519. The van der Waals surface area contributed by atoms with Crippen LogP contribution in [0.25, 0.3) is 0 Å². The third kappa shape index (κ3) is 2.41. The van der Waals surface area contributed by atoms with E-state index < -0.39 is 15.1 Å². The van der Waals surface area contributed by atoms with Crippen molar-refractivity contribution >= 4 is 15.6 Å². The molecule has 1 aliphatic rings. The van der Waals surface area contributed by atoms with E-state index in [0.717, 1.165) is 6.42 Å². The average molecular weight is 256 g/mol. The molecule has 0 amide bonds. The van der Waals surface area contributed by atoms with E-state index in [4.69, 9.17) is 0 Å². The molecule has 1 atom stereocenters. The maximum atomic E-state index is 12.1. The summed E-state index contributed by atoms with van der Waals surface area (Å²) in [6, 6.07) is 0. The Morgan fingerprint density at radius 3 is 2.88 bits per heavy atom. The molecule has 0 N–H and O–H groups in total. The quantitative estimate of drug-likeness (QED) is 0.758. The molecule has 94 valence electrons. The monoisotopic (exact) mass is 256 g/mol. The lowest BCUT2D eigenvalue weighted by atomic mass is 10.1. The summed E-state index contributed by atoms with van der Waals surface area (Å²) in [5.74, 6) is -0.171. The van der Waals surface area contributed by atoms with Crippen LogP contribution in [0.2, 0.25) is 0 Å². The van der Waals surface area contributed by atoms with Gasteiger partial charge in [0.1, 0.15) is 5.25 Å². The van der Waals surface area contributed by atoms with Crippen LogP contribution in [0.1, 0.15) is 36.5 Å². The molecule has 1 saturated heterocycles. The zero-order valence-electron chi connectivity index (χ0n) is 9.80. The molecule has 5 nitrogen and oxygen atoms in total. The van der Waals surface area contributed by atoms with E-state index in [-0.39, 0.29) is 11.5 Å². The molecule has 0 aromatic carbocycles. The normalized spacial score (nSPS) is 23.5. The van der Waals surface area contributed by atoms with E-state index >= 15 is 0 Å². The molecule has 1 unspecified atom stereocenters. The van der Waals surface area contributed by atoms with Crippen LogP contribution in [0.5, 0.6) is 0 Å². The summed E-state index contributed by atoms with van der Waals surface area (Å²) < 4.78 is 25.3. The first kappa shape index (κ1) is 12.3. The number of Topliss-reactive ketones (excluding diaryl/α,β-unsaturated/α-hetero) is 1. The highest BCUT2D eigenvalue weighted by molar-refractivity contribution is 7.92. The average Bonchev–Trinajstić information content (AvgIpc) is 2.76. The third-order valence-electron chi connectivity index (χ3n) is 3.11. The fraction of sp³-hybridized carbons (Fsp3) is 0.636. The molecule has 1 aliphatic heterocycles. The molecular weight excluding hydrogens is 240 g/mol. The maximum Gasteiger partial charge on any atom is 0.184 e. The summed E-state index contributed by atoms with van der Waals surface area (Å²) in [5.41, 5.74) is 0.405. The first-order valence-electron chi connectivity index (χ1n) is 5.83. The van der Waals surface area contributed by atoms with E-state index in [1.165, 1.54) is 6.20 Å². The Labute approximate surface area is 101 Å². The molecule has 0 spiro atoms. The number of hydrogen-bond acceptors (Lipinski definition) is 4. The van der Waals surface area contributed by atoms with E-state index in [1.807, 2.05) is 6.92 Å². The Morgan fingerprint density at radius 2 is 2.29 bits per heavy atom. The van der Waals surface area contributed by atoms with Crippen LogP contribution in [0.4, 0.5) is 0 Å². The second-order valence-corrected chi connectivity index (χ2v) is 6.60. The van der Waals surface area contributed by atoms with Crippen LogP contribution >= 0.6 is 0 Å². The van der Waals surface area contributed by atoms with E-state index in [0.29, 0.717) is 24.9 Å². The SMILES string of the molecule is CCn1cc(C(=O)C2CCCCS2(=O)=O)cn1. The van der Waals surface area contributed by atoms with Crippen LogP contribution in [0.15, 0.2) is 12.4 Å². The molecule has 0 aliphatic carbocycles. The number of ketones is 1. The molecule has 6 heteroatoms. The first-order chi connectivity index (χ1) is 8.04. The van der Waals surface area contributed by atoms with Gasteiger partial charge in [-0.05, 0) is 19.8 Å². The second kappa shape index (κ2) is 4.60. The fourth-order valence-electron chi connectivity index (χ4n) is 2.10. The summed E-state index contributed by atoms with van der Waals surface area (Å²) in [6.07, 6.45) is 4.98. The number of carbonyl (C=O) groups excluding carboxylic acids is 1. The summed E-state index contributed by atoms with van der Waals surface area (Å²) in [5, 5.41) is 3.14. The summed E-state index contributed by atoms with van der Waals surface area (Å²) in [7, 11) is -3.25. The van der Waals surface area contributed by atoms with Gasteiger partial charge in [0.25, 0.3) is 0 Å². The van der Waals surface area contributed by atoms with Gasteiger partial charge < -0.3 is 0 Å². The highest BCUT2D eigenvalue weighted by Crippen LogP contribution is 2.22. The van der Waals surface area contributed by atoms with Gasteiger partial charge in [0.05, 0.1) is 17.5 Å². The summed E-state index contributed by atoms with van der Waals surface area (Å²) in [4.78, 5) is 12.1. The Hall–Kier alpha value is -1.17. The molecule has 1 aromatic heterocycles. The molecule has 0 radical (unpaired) electrons. The number of hydrogen-bond donors (Lipinski definition) is 0. The third-order valence-corrected chi connectivity index (χ3v) is 5.29. The van der Waals surface area contributed by atoms with Gasteiger partial charge in [-0.15, -0.1) is 0 Å². The number of aryl methyl sites for hydroxylation is 1. The van der Waals surface area contributed by atoms with Gasteiger partial charge >= 0.3 is 0 Å². The molecule has 2 heterocycles. The van der Waals surface area contributed by atoms with Crippen LogP contribution in [-0.2, 0) is 16.4 Å². The summed E-state index contributed by atoms with van der Waals surface area (Å²) >= 11 is 0. The van der Waals surface area contributed by atoms with Gasteiger partial charge in [-0.3, -0.25) is 9.48 Å². The van der Waals surface area contributed by atoms with Crippen molar-refractivity contribution in [3.63, 3.8) is 0 Å². The van der Waals surface area contributed by atoms with Crippen molar-refractivity contribution in [1.82, 2.24) is 9.78 Å². The zero-order valence-corrected chi connectivity index (χ0v) is 10.6. The van der Waals surface area contributed by atoms with E-state index in [9.17, 15) is 13.2 Å². The fourth-order valence-corrected chi connectivity index (χ4v) is 3.98. The highest BCUT2D eigenvalue weighted by Gasteiger charge is 2.35. The molecule has 1 aromatic rings. The number of sulfone groups is 1. The van der Waals surface area contributed by atoms with Crippen molar-refractivity contribution in [3.8, 4) is 0 Å². The minimum Gasteiger partial charge on any atom is -0.293 e. The second-order valence-electron chi connectivity index (χ2n) is 4.30. The van der Waals surface area contributed by atoms with Gasteiger partial charge in [0.2, 0.25) is 0 Å². The zero-order chi connectivity index (χ0) is 12.5. The Morgan fingerprint density at radius 1 is 1.53 bits per heavy atom. The van der Waals surface area contributed by atoms with Gasteiger partial charge in [-0.2, -0.15) is 5.10 Å². The van der Waals surface area contributed by atoms with Crippen molar-refractivity contribution in [2.24, 2.45) is 0 Å². The van der Waals surface area contributed by atoms with Crippen molar-refractivity contribution in [3.05, 3.63) is 18.0 Å². The van der Waals surface area contributed by atoms with E-state index in [1.54, 1.807) is 10.9 Å². The lowest BCUT2D eigenvalue weighted by Crippen LogP contribution is -2.35. The first-order valence-corrected chi connectivity index (χ1v) is 7.54. The van der Waals surface area contributed by atoms with Crippen molar-refractivity contribution in [2.45, 2.75) is 38.0 Å². The van der Waals surface area contributed by atoms with Crippen molar-refractivity contribution in [2.75, 3.05) is 5.75 Å². The van der Waals surface area contributed by atoms with Gasteiger partial charge in [-0.1, -0.05) is 6.42 Å². The Kier molecular flexibility index (Phi) is 3.33. The van der Waals surface area contributed by atoms with Crippen LogP contribution in [0.3, 0.4) is 0 Å². The molecular formula is C11H16N2O3S. The number of rotatable bonds is 3. The number of nitrogens with zero attached hydrogens (tertiary/aromatic N) is 2. The predicted molar refractivity (Wildman–Crippen MR) is 63.7 cm³/mol. The number of aromatic nitrogens is 2. The maximum absolute atomic E-state index is 12.1. The molecule has 1 fully saturated rings. The molecule has 0 bridgehead atoms. The van der Waals surface area contributed by atoms with Crippen LogP contribution in [-0.4, -0.2) is 35.0 Å². The standard InChI is InChI=1S/C11H16N2O3S/c1-2-13-8-9(7-12-13)11(14)10-5-3-4-6-17(10,15)16/h7-8,10H,2-6H2,1H3. The lowest BCUT2D eigenvalue weighted by Gasteiger charge is -2.20. The number of carbonyl (C=O) groups is 1. The lowest BCUT2D eigenvalue weighted by molar-refractivity contribution is 0.0981. The van der Waals surface area contributed by atoms with Crippen molar-refractivity contribution < 1.29 is 13.2 Å². The van der Waals surface area contributed by atoms with Crippen molar-refractivity contribution in [1.29, 1.82) is 0 Å². The Balaban J connectivity index is 2.24. The smallest absolute Gasteiger partial charge is 0.184 e. The van der Waals surface area contributed by atoms with Crippen LogP contribution in [0, 0.1) is 0 Å². The van der Waals surface area contributed by atoms with E-state index in [2.05, 4.69) is 5.10 Å². The van der Waals surface area contributed by atoms with Gasteiger partial charge in [-0.25, -0.2) is 8.42 Å². The van der Waals surface area contributed by atoms with Gasteiger partial charge in [0.15, 0.2) is 15.6 Å². The molecule has 17 heavy (non-hydrogen) atoms. The molecule has 2 rings (SSSR count). The largest absolute Gasteiger partial charge is 0.293 e. The minimum absolute atomic E-state index is 0.130. The minimum atomic E-state index is -3.25. The summed E-state index contributed by atoms with van der Waals surface area (Å²) in [6.45, 7) is 2.59. The highest BCUT2D eigenvalue weighted by atomic mass is 32.2. The molecule has 0 saturated carbocycles. The predicted octanol–water partition coefficient (Wildman–Crippen LogP) is 1.05. The topological polar surface area (TPSA) is 69.0 Å². The van der Waals surface area contributed by atoms with Gasteiger partial charge in [0, 0.05) is 12.7 Å².